The minimum Gasteiger partial charge on any atom is -0.465 e. The van der Waals surface area contributed by atoms with Crippen LogP contribution in [-0.4, -0.2) is 42.9 Å². The van der Waals surface area contributed by atoms with Gasteiger partial charge in [0.25, 0.3) is 0 Å². The summed E-state index contributed by atoms with van der Waals surface area (Å²) in [6.45, 7) is 9.20. The van der Waals surface area contributed by atoms with Gasteiger partial charge in [-0.3, -0.25) is 0 Å². The number of thiazole rings is 1. The van der Waals surface area contributed by atoms with Crippen LogP contribution >= 0.6 is 36.2 Å². The molecule has 3 rings (SSSR count). The van der Waals surface area contributed by atoms with Gasteiger partial charge < -0.3 is 9.64 Å². The SMILES string of the molecule is CCN(C)C=Nc1cc(C)c(Cc2nc(-c3ccc(C)cc3)c(C(=O)OC)s2)cc1C.Cl.Cl. The standard InChI is InChI=1S/C25H29N3O2S.2ClH/c1-7-28(5)15-26-21-13-17(3)20(12-18(21)4)14-22-27-23(24(31-22)25(29)30-6)19-10-8-16(2)9-11-19;;/h8-13,15H,7,14H2,1-6H3;2*1H. The van der Waals surface area contributed by atoms with Gasteiger partial charge in [0.2, 0.25) is 0 Å². The molecule has 8 heteroatoms. The Bertz CT molecular complexity index is 1110. The molecule has 3 aromatic rings. The zero-order chi connectivity index (χ0) is 22.5. The van der Waals surface area contributed by atoms with Crippen molar-refractivity contribution in [3.63, 3.8) is 0 Å². The maximum Gasteiger partial charge on any atom is 0.350 e. The summed E-state index contributed by atoms with van der Waals surface area (Å²) in [7, 11) is 3.41. The number of hydrogen-bond donors (Lipinski definition) is 0. The summed E-state index contributed by atoms with van der Waals surface area (Å²) >= 11 is 1.40. The van der Waals surface area contributed by atoms with E-state index in [4.69, 9.17) is 9.72 Å². The van der Waals surface area contributed by atoms with E-state index >= 15 is 0 Å². The quantitative estimate of drug-likeness (QED) is 0.206. The number of rotatable bonds is 7. The molecule has 0 amide bonds. The Labute approximate surface area is 212 Å². The zero-order valence-corrected chi connectivity index (χ0v) is 22.3. The van der Waals surface area contributed by atoms with E-state index in [1.54, 1.807) is 0 Å². The molecule has 0 spiro atoms. The van der Waals surface area contributed by atoms with Crippen molar-refractivity contribution >= 4 is 54.1 Å². The predicted octanol–water partition coefficient (Wildman–Crippen LogP) is 6.57. The molecule has 0 fully saturated rings. The van der Waals surface area contributed by atoms with E-state index in [9.17, 15) is 4.79 Å². The number of halogens is 2. The first kappa shape index (κ1) is 28.6. The number of methoxy groups -OCH3 is 1. The molecule has 5 nitrogen and oxygen atoms in total. The monoisotopic (exact) mass is 507 g/mol. The van der Waals surface area contributed by atoms with E-state index in [0.717, 1.165) is 39.5 Å². The highest BCUT2D eigenvalue weighted by Gasteiger charge is 2.20. The van der Waals surface area contributed by atoms with E-state index in [1.807, 2.05) is 49.5 Å². The van der Waals surface area contributed by atoms with E-state index < -0.39 is 0 Å². The van der Waals surface area contributed by atoms with Gasteiger partial charge in [-0.05, 0) is 50.5 Å². The number of nitrogens with zero attached hydrogens (tertiary/aromatic N) is 3. The lowest BCUT2D eigenvalue weighted by molar-refractivity contribution is 0.0607. The van der Waals surface area contributed by atoms with Gasteiger partial charge in [0, 0.05) is 25.6 Å². The van der Waals surface area contributed by atoms with E-state index in [-0.39, 0.29) is 30.8 Å². The van der Waals surface area contributed by atoms with Crippen LogP contribution < -0.4 is 0 Å². The zero-order valence-electron chi connectivity index (χ0n) is 19.8. The van der Waals surface area contributed by atoms with Gasteiger partial charge in [-0.15, -0.1) is 36.2 Å². The maximum atomic E-state index is 12.4. The van der Waals surface area contributed by atoms with Gasteiger partial charge in [0.15, 0.2) is 0 Å². The minimum absolute atomic E-state index is 0. The van der Waals surface area contributed by atoms with Crippen molar-refractivity contribution in [2.45, 2.75) is 34.1 Å². The Balaban J connectivity index is 0.00000272. The maximum absolute atomic E-state index is 12.4. The molecule has 1 aromatic heterocycles. The number of aromatic nitrogens is 1. The molecule has 33 heavy (non-hydrogen) atoms. The van der Waals surface area contributed by atoms with Crippen LogP contribution in [0.3, 0.4) is 0 Å². The number of carbonyl (C=O) groups excluding carboxylic acids is 1. The highest BCUT2D eigenvalue weighted by molar-refractivity contribution is 7.14. The Hall–Kier alpha value is -2.41. The number of carbonyl (C=O) groups is 1. The Morgan fingerprint density at radius 3 is 2.39 bits per heavy atom. The van der Waals surface area contributed by atoms with Gasteiger partial charge >= 0.3 is 5.97 Å². The number of aliphatic imine (C=N–C) groups is 1. The lowest BCUT2D eigenvalue weighted by Crippen LogP contribution is -2.14. The van der Waals surface area contributed by atoms with Gasteiger partial charge in [-0.25, -0.2) is 14.8 Å². The molecule has 178 valence electrons. The lowest BCUT2D eigenvalue weighted by atomic mass is 10.0. The highest BCUT2D eigenvalue weighted by Crippen LogP contribution is 2.32. The summed E-state index contributed by atoms with van der Waals surface area (Å²) in [4.78, 5) is 24.4. The van der Waals surface area contributed by atoms with Gasteiger partial charge in [0.05, 0.1) is 29.8 Å². The summed E-state index contributed by atoms with van der Waals surface area (Å²) in [6.07, 6.45) is 2.52. The van der Waals surface area contributed by atoms with Crippen molar-refractivity contribution in [3.8, 4) is 11.3 Å². The molecule has 0 bridgehead atoms. The first-order valence-electron chi connectivity index (χ1n) is 10.3. The Kier molecular flexibility index (Phi) is 11.0. The predicted molar refractivity (Wildman–Crippen MR) is 143 cm³/mol. The average Bonchev–Trinajstić information content (AvgIpc) is 3.18. The molecule has 0 aliphatic heterocycles. The fourth-order valence-corrected chi connectivity index (χ4v) is 4.20. The molecule has 0 unspecified atom stereocenters. The number of hydrogen-bond acceptors (Lipinski definition) is 5. The molecular weight excluding hydrogens is 477 g/mol. The van der Waals surface area contributed by atoms with Crippen LogP contribution in [0.1, 0.15) is 43.9 Å². The molecule has 0 N–H and O–H groups in total. The topological polar surface area (TPSA) is 54.8 Å². The van der Waals surface area contributed by atoms with E-state index in [0.29, 0.717) is 17.0 Å². The second-order valence-corrected chi connectivity index (χ2v) is 8.79. The molecule has 0 saturated carbocycles. The smallest absolute Gasteiger partial charge is 0.350 e. The van der Waals surface area contributed by atoms with Crippen LogP contribution in [0.4, 0.5) is 5.69 Å². The van der Waals surface area contributed by atoms with Gasteiger partial charge in [-0.2, -0.15) is 0 Å². The van der Waals surface area contributed by atoms with Crippen molar-refractivity contribution in [1.29, 1.82) is 0 Å². The van der Waals surface area contributed by atoms with Gasteiger partial charge in [0.1, 0.15) is 4.88 Å². The number of benzene rings is 2. The molecular formula is C25H31Cl2N3O2S. The largest absolute Gasteiger partial charge is 0.465 e. The number of ether oxygens (including phenoxy) is 1. The summed E-state index contributed by atoms with van der Waals surface area (Å²) < 4.78 is 5.01. The van der Waals surface area contributed by atoms with Crippen LogP contribution in [-0.2, 0) is 11.2 Å². The third-order valence-electron chi connectivity index (χ3n) is 5.26. The minimum atomic E-state index is -0.350. The van der Waals surface area contributed by atoms with Crippen LogP contribution in [0.5, 0.6) is 0 Å². The van der Waals surface area contributed by atoms with Gasteiger partial charge in [-0.1, -0.05) is 35.9 Å². The molecule has 0 saturated heterocycles. The first-order chi connectivity index (χ1) is 14.8. The van der Waals surface area contributed by atoms with Crippen molar-refractivity contribution in [2.75, 3.05) is 20.7 Å². The normalized spacial score (nSPS) is 10.5. The second-order valence-electron chi connectivity index (χ2n) is 7.70. The lowest BCUT2D eigenvalue weighted by Gasteiger charge is -2.11. The van der Waals surface area contributed by atoms with Crippen molar-refractivity contribution in [1.82, 2.24) is 9.88 Å². The summed E-state index contributed by atoms with van der Waals surface area (Å²) in [5.41, 5.74) is 7.19. The van der Waals surface area contributed by atoms with Crippen LogP contribution in [0.25, 0.3) is 11.3 Å². The highest BCUT2D eigenvalue weighted by atomic mass is 35.5. The molecule has 0 aliphatic carbocycles. The van der Waals surface area contributed by atoms with Crippen molar-refractivity contribution in [3.05, 3.63) is 68.5 Å². The second kappa shape index (κ2) is 12.7. The average molecular weight is 509 g/mol. The number of aryl methyl sites for hydroxylation is 3. The fourth-order valence-electron chi connectivity index (χ4n) is 3.17. The molecule has 0 atom stereocenters. The molecule has 0 aliphatic rings. The van der Waals surface area contributed by atoms with Crippen molar-refractivity contribution < 1.29 is 9.53 Å². The summed E-state index contributed by atoms with van der Waals surface area (Å²) in [5.74, 6) is -0.350. The summed E-state index contributed by atoms with van der Waals surface area (Å²) in [6, 6.07) is 12.3. The molecule has 0 radical (unpaired) electrons. The Morgan fingerprint density at radius 2 is 1.79 bits per heavy atom. The Morgan fingerprint density at radius 1 is 1.12 bits per heavy atom. The molecule has 2 aromatic carbocycles. The van der Waals surface area contributed by atoms with Crippen LogP contribution in [0.2, 0.25) is 0 Å². The van der Waals surface area contributed by atoms with Crippen LogP contribution in [0.15, 0.2) is 41.4 Å². The van der Waals surface area contributed by atoms with Crippen molar-refractivity contribution in [2.24, 2.45) is 4.99 Å². The molecule has 1 heterocycles. The first-order valence-corrected chi connectivity index (χ1v) is 11.1. The van der Waals surface area contributed by atoms with E-state index in [2.05, 4.69) is 37.9 Å². The van der Waals surface area contributed by atoms with Crippen LogP contribution in [0, 0.1) is 20.8 Å². The van der Waals surface area contributed by atoms with E-state index in [1.165, 1.54) is 24.0 Å². The fraction of sp³-hybridized carbons (Fsp3) is 0.320. The third kappa shape index (κ3) is 7.03. The third-order valence-corrected chi connectivity index (χ3v) is 6.29. The summed E-state index contributed by atoms with van der Waals surface area (Å²) in [5, 5.41) is 0.889. The number of esters is 1.